The topological polar surface area (TPSA) is 44.5 Å². The van der Waals surface area contributed by atoms with E-state index in [1.165, 1.54) is 24.0 Å². The maximum Gasteiger partial charge on any atom is 0.136 e. The summed E-state index contributed by atoms with van der Waals surface area (Å²) in [5, 5.41) is 0. The van der Waals surface area contributed by atoms with E-state index in [2.05, 4.69) is 12.1 Å². The second kappa shape index (κ2) is 6.19. The molecule has 2 aromatic rings. The first-order chi connectivity index (χ1) is 10.3. The highest BCUT2D eigenvalue weighted by Gasteiger charge is 2.15. The third kappa shape index (κ3) is 3.03. The molecule has 0 spiro atoms. The van der Waals surface area contributed by atoms with Crippen molar-refractivity contribution in [2.45, 2.75) is 25.4 Å². The lowest BCUT2D eigenvalue weighted by Crippen LogP contribution is -2.18. The molecule has 0 heterocycles. The largest absolute Gasteiger partial charge is 0.497 e. The van der Waals surface area contributed by atoms with E-state index in [1.54, 1.807) is 7.11 Å². The standard InChI is InChI=1S/C18H21NO2/c1-20-16-7-3-6-15(11-16)18(12-19)21-17-9-8-13-4-2-5-14(13)10-17/h3,6-11,18H,2,4-5,12,19H2,1H3. The highest BCUT2D eigenvalue weighted by molar-refractivity contribution is 5.39. The van der Waals surface area contributed by atoms with Gasteiger partial charge in [-0.05, 0) is 60.2 Å². The van der Waals surface area contributed by atoms with Crippen LogP contribution in [0.3, 0.4) is 0 Å². The van der Waals surface area contributed by atoms with Crippen molar-refractivity contribution in [3.05, 3.63) is 59.2 Å². The van der Waals surface area contributed by atoms with Crippen LogP contribution in [0.1, 0.15) is 29.2 Å². The fourth-order valence-electron chi connectivity index (χ4n) is 2.88. The molecular weight excluding hydrogens is 262 g/mol. The van der Waals surface area contributed by atoms with E-state index in [0.717, 1.165) is 23.5 Å². The van der Waals surface area contributed by atoms with Crippen LogP contribution in [-0.4, -0.2) is 13.7 Å². The van der Waals surface area contributed by atoms with Gasteiger partial charge in [0.25, 0.3) is 0 Å². The lowest BCUT2D eigenvalue weighted by atomic mass is 10.1. The van der Waals surface area contributed by atoms with Crippen molar-refractivity contribution >= 4 is 0 Å². The molecule has 2 aromatic carbocycles. The number of methoxy groups -OCH3 is 1. The molecule has 2 N–H and O–H groups in total. The summed E-state index contributed by atoms with van der Waals surface area (Å²) in [5.41, 5.74) is 9.79. The van der Waals surface area contributed by atoms with Gasteiger partial charge in [-0.25, -0.2) is 0 Å². The molecule has 0 aliphatic heterocycles. The van der Waals surface area contributed by atoms with Crippen molar-refractivity contribution in [2.75, 3.05) is 13.7 Å². The number of hydrogen-bond donors (Lipinski definition) is 1. The summed E-state index contributed by atoms with van der Waals surface area (Å²) in [5.74, 6) is 1.72. The lowest BCUT2D eigenvalue weighted by molar-refractivity contribution is 0.213. The quantitative estimate of drug-likeness (QED) is 0.916. The van der Waals surface area contributed by atoms with Gasteiger partial charge in [-0.15, -0.1) is 0 Å². The Morgan fingerprint density at radius 2 is 1.90 bits per heavy atom. The van der Waals surface area contributed by atoms with Crippen molar-refractivity contribution in [1.82, 2.24) is 0 Å². The summed E-state index contributed by atoms with van der Waals surface area (Å²) in [4.78, 5) is 0. The molecule has 0 bridgehead atoms. The maximum absolute atomic E-state index is 6.09. The maximum atomic E-state index is 6.09. The van der Waals surface area contributed by atoms with Crippen LogP contribution in [-0.2, 0) is 12.8 Å². The Bertz CT molecular complexity index is 624. The van der Waals surface area contributed by atoms with Crippen molar-refractivity contribution in [3.8, 4) is 11.5 Å². The average molecular weight is 283 g/mol. The Labute approximate surface area is 125 Å². The van der Waals surface area contributed by atoms with Crippen molar-refractivity contribution < 1.29 is 9.47 Å². The van der Waals surface area contributed by atoms with Gasteiger partial charge in [-0.2, -0.15) is 0 Å². The van der Waals surface area contributed by atoms with Crippen molar-refractivity contribution in [2.24, 2.45) is 5.73 Å². The number of rotatable bonds is 5. The second-order valence-electron chi connectivity index (χ2n) is 5.40. The molecule has 0 radical (unpaired) electrons. The summed E-state index contributed by atoms with van der Waals surface area (Å²) in [6.45, 7) is 0.435. The fraction of sp³-hybridized carbons (Fsp3) is 0.333. The van der Waals surface area contributed by atoms with Crippen molar-refractivity contribution in [3.63, 3.8) is 0 Å². The molecule has 1 unspecified atom stereocenters. The Hall–Kier alpha value is -2.00. The minimum absolute atomic E-state index is 0.153. The second-order valence-corrected chi connectivity index (χ2v) is 5.40. The third-order valence-corrected chi connectivity index (χ3v) is 4.03. The third-order valence-electron chi connectivity index (χ3n) is 4.03. The normalized spacial score (nSPS) is 14.6. The molecule has 0 amide bonds. The Morgan fingerprint density at radius 1 is 1.05 bits per heavy atom. The van der Waals surface area contributed by atoms with E-state index in [9.17, 15) is 0 Å². The number of nitrogens with two attached hydrogens (primary N) is 1. The first-order valence-corrected chi connectivity index (χ1v) is 7.42. The van der Waals surface area contributed by atoms with E-state index in [0.29, 0.717) is 6.54 Å². The molecule has 0 fully saturated rings. The molecule has 1 aliphatic rings. The lowest BCUT2D eigenvalue weighted by Gasteiger charge is -2.19. The van der Waals surface area contributed by atoms with Gasteiger partial charge in [-0.3, -0.25) is 0 Å². The first-order valence-electron chi connectivity index (χ1n) is 7.42. The number of aryl methyl sites for hydroxylation is 2. The molecule has 1 atom stereocenters. The monoisotopic (exact) mass is 283 g/mol. The molecular formula is C18H21NO2. The van der Waals surface area contributed by atoms with Crippen LogP contribution in [0.2, 0.25) is 0 Å². The smallest absolute Gasteiger partial charge is 0.136 e. The molecule has 3 rings (SSSR count). The molecule has 3 heteroatoms. The minimum Gasteiger partial charge on any atom is -0.497 e. The summed E-state index contributed by atoms with van der Waals surface area (Å²) in [6, 6.07) is 14.3. The summed E-state index contributed by atoms with van der Waals surface area (Å²) in [6.07, 6.45) is 3.43. The van der Waals surface area contributed by atoms with Gasteiger partial charge in [0.1, 0.15) is 17.6 Å². The first kappa shape index (κ1) is 14.0. The number of hydrogen-bond acceptors (Lipinski definition) is 3. The molecule has 0 aromatic heterocycles. The Balaban J connectivity index is 1.80. The highest BCUT2D eigenvalue weighted by Crippen LogP contribution is 2.29. The van der Waals surface area contributed by atoms with Gasteiger partial charge in [0.2, 0.25) is 0 Å². The molecule has 1 aliphatic carbocycles. The predicted molar refractivity (Wildman–Crippen MR) is 83.9 cm³/mol. The fourth-order valence-corrected chi connectivity index (χ4v) is 2.88. The van der Waals surface area contributed by atoms with Crippen LogP contribution in [0.4, 0.5) is 0 Å². The van der Waals surface area contributed by atoms with E-state index < -0.39 is 0 Å². The highest BCUT2D eigenvalue weighted by atomic mass is 16.5. The average Bonchev–Trinajstić information content (AvgIpc) is 3.00. The summed E-state index contributed by atoms with van der Waals surface area (Å²) in [7, 11) is 1.66. The number of benzene rings is 2. The molecule has 110 valence electrons. The predicted octanol–water partition coefficient (Wildman–Crippen LogP) is 3.26. The zero-order chi connectivity index (χ0) is 14.7. The van der Waals surface area contributed by atoms with Crippen LogP contribution in [0, 0.1) is 0 Å². The molecule has 21 heavy (non-hydrogen) atoms. The van der Waals surface area contributed by atoms with E-state index in [1.807, 2.05) is 30.3 Å². The molecule has 3 nitrogen and oxygen atoms in total. The number of fused-ring (bicyclic) bond motifs is 1. The van der Waals surface area contributed by atoms with Gasteiger partial charge in [0.15, 0.2) is 0 Å². The van der Waals surface area contributed by atoms with Gasteiger partial charge >= 0.3 is 0 Å². The van der Waals surface area contributed by atoms with Crippen LogP contribution in [0.25, 0.3) is 0 Å². The van der Waals surface area contributed by atoms with E-state index in [4.69, 9.17) is 15.2 Å². The Morgan fingerprint density at radius 3 is 2.71 bits per heavy atom. The van der Waals surface area contributed by atoms with E-state index >= 15 is 0 Å². The Kier molecular flexibility index (Phi) is 4.11. The van der Waals surface area contributed by atoms with Crippen molar-refractivity contribution in [1.29, 1.82) is 0 Å². The van der Waals surface area contributed by atoms with Crippen LogP contribution < -0.4 is 15.2 Å². The summed E-state index contributed by atoms with van der Waals surface area (Å²) < 4.78 is 11.4. The van der Waals surface area contributed by atoms with E-state index in [-0.39, 0.29) is 6.10 Å². The zero-order valence-electron chi connectivity index (χ0n) is 12.3. The van der Waals surface area contributed by atoms with Crippen LogP contribution in [0.15, 0.2) is 42.5 Å². The number of ether oxygens (including phenoxy) is 2. The van der Waals surface area contributed by atoms with Gasteiger partial charge < -0.3 is 15.2 Å². The van der Waals surface area contributed by atoms with Gasteiger partial charge in [0, 0.05) is 6.54 Å². The molecule has 0 saturated carbocycles. The van der Waals surface area contributed by atoms with Crippen LogP contribution in [0.5, 0.6) is 11.5 Å². The van der Waals surface area contributed by atoms with Gasteiger partial charge in [-0.1, -0.05) is 18.2 Å². The van der Waals surface area contributed by atoms with Gasteiger partial charge in [0.05, 0.1) is 7.11 Å². The molecule has 0 saturated heterocycles. The van der Waals surface area contributed by atoms with Crippen LogP contribution >= 0.6 is 0 Å². The summed E-state index contributed by atoms with van der Waals surface area (Å²) >= 11 is 0. The minimum atomic E-state index is -0.153. The zero-order valence-corrected chi connectivity index (χ0v) is 12.3. The SMILES string of the molecule is COc1cccc(C(CN)Oc2ccc3c(c2)CCC3)c1.